The van der Waals surface area contributed by atoms with E-state index in [9.17, 15) is 5.11 Å². The lowest BCUT2D eigenvalue weighted by Gasteiger charge is -2.07. The van der Waals surface area contributed by atoms with Gasteiger partial charge >= 0.3 is 0 Å². The molecule has 0 aliphatic heterocycles. The summed E-state index contributed by atoms with van der Waals surface area (Å²) in [6, 6.07) is 9.70. The zero-order valence-electron chi connectivity index (χ0n) is 6.20. The predicted octanol–water partition coefficient (Wildman–Crippen LogP) is 2.51. The van der Waals surface area contributed by atoms with Crippen LogP contribution in [-0.2, 0) is 0 Å². The molecule has 0 fully saturated rings. The first-order valence-corrected chi connectivity index (χ1v) is 4.75. The third kappa shape index (κ3) is 2.64. The van der Waals surface area contributed by atoms with Crippen molar-refractivity contribution in [1.29, 1.82) is 0 Å². The van der Waals surface area contributed by atoms with Gasteiger partial charge in [-0.15, -0.1) is 0 Å². The number of aliphatic hydroxyl groups excluding tert-OH is 1. The molecule has 1 aromatic carbocycles. The summed E-state index contributed by atoms with van der Waals surface area (Å²) < 4.78 is 0. The fraction of sp³-hybridized carbons (Fsp3) is 0.333. The third-order valence-electron chi connectivity index (χ3n) is 1.57. The summed E-state index contributed by atoms with van der Waals surface area (Å²) in [5, 5.41) is 10.3. The first-order chi connectivity index (χ1) is 5.34. The minimum absolute atomic E-state index is 0.324. The number of hydrogen-bond acceptors (Lipinski definition) is 1. The summed E-state index contributed by atoms with van der Waals surface area (Å²) in [6.45, 7) is 0. The van der Waals surface area contributed by atoms with Crippen LogP contribution in [0.1, 0.15) is 18.1 Å². The Morgan fingerprint density at radius 1 is 1.27 bits per heavy atom. The highest BCUT2D eigenvalue weighted by molar-refractivity contribution is 9.09. The highest BCUT2D eigenvalue weighted by atomic mass is 79.9. The highest BCUT2D eigenvalue weighted by Crippen LogP contribution is 2.16. The van der Waals surface area contributed by atoms with Crippen LogP contribution in [0, 0.1) is 0 Å². The molecule has 0 unspecified atom stereocenters. The molecule has 1 N–H and O–H groups in total. The van der Waals surface area contributed by atoms with Gasteiger partial charge in [0.25, 0.3) is 0 Å². The molecule has 1 atom stereocenters. The van der Waals surface area contributed by atoms with E-state index in [0.717, 1.165) is 17.3 Å². The van der Waals surface area contributed by atoms with Gasteiger partial charge in [0.1, 0.15) is 0 Å². The lowest BCUT2D eigenvalue weighted by Crippen LogP contribution is -1.96. The standard InChI is InChI=1S/C9H11BrO/c10-7-6-9(11)8-4-2-1-3-5-8/h1-5,9,11H,6-7H2/t9-/m1/s1. The van der Waals surface area contributed by atoms with Crippen LogP contribution in [0.2, 0.25) is 0 Å². The number of hydrogen-bond donors (Lipinski definition) is 1. The van der Waals surface area contributed by atoms with Gasteiger partial charge in [-0.3, -0.25) is 0 Å². The van der Waals surface area contributed by atoms with Crippen LogP contribution in [0.3, 0.4) is 0 Å². The zero-order valence-corrected chi connectivity index (χ0v) is 7.79. The molecule has 60 valence electrons. The minimum atomic E-state index is -0.324. The maximum absolute atomic E-state index is 9.49. The first-order valence-electron chi connectivity index (χ1n) is 3.63. The van der Waals surface area contributed by atoms with E-state index in [4.69, 9.17) is 0 Å². The molecule has 2 heteroatoms. The summed E-state index contributed by atoms with van der Waals surface area (Å²) in [5.74, 6) is 0. The van der Waals surface area contributed by atoms with Crippen molar-refractivity contribution in [2.75, 3.05) is 5.33 Å². The summed E-state index contributed by atoms with van der Waals surface area (Å²) in [7, 11) is 0. The number of benzene rings is 1. The summed E-state index contributed by atoms with van der Waals surface area (Å²) in [5.41, 5.74) is 0.993. The summed E-state index contributed by atoms with van der Waals surface area (Å²) >= 11 is 3.29. The topological polar surface area (TPSA) is 20.2 Å². The average Bonchev–Trinajstić information content (AvgIpc) is 2.07. The lowest BCUT2D eigenvalue weighted by molar-refractivity contribution is 0.175. The Hall–Kier alpha value is -0.340. The van der Waals surface area contributed by atoms with E-state index >= 15 is 0 Å². The summed E-state index contributed by atoms with van der Waals surface area (Å²) in [6.07, 6.45) is 0.444. The lowest BCUT2D eigenvalue weighted by atomic mass is 10.1. The smallest absolute Gasteiger partial charge is 0.0798 e. The van der Waals surface area contributed by atoms with Crippen molar-refractivity contribution in [3.05, 3.63) is 35.9 Å². The fourth-order valence-corrected chi connectivity index (χ4v) is 1.38. The number of alkyl halides is 1. The van der Waals surface area contributed by atoms with Gasteiger partial charge in [-0.05, 0) is 12.0 Å². The van der Waals surface area contributed by atoms with E-state index in [2.05, 4.69) is 15.9 Å². The Morgan fingerprint density at radius 2 is 1.91 bits per heavy atom. The van der Waals surface area contributed by atoms with Gasteiger partial charge in [-0.2, -0.15) is 0 Å². The van der Waals surface area contributed by atoms with Gasteiger partial charge in [-0.1, -0.05) is 46.3 Å². The Bertz CT molecular complexity index is 198. The van der Waals surface area contributed by atoms with Crippen LogP contribution in [0.25, 0.3) is 0 Å². The molecule has 0 saturated heterocycles. The quantitative estimate of drug-likeness (QED) is 0.768. The average molecular weight is 215 g/mol. The van der Waals surface area contributed by atoms with Crippen molar-refractivity contribution in [3.8, 4) is 0 Å². The normalized spacial score (nSPS) is 12.9. The van der Waals surface area contributed by atoms with Crippen molar-refractivity contribution in [3.63, 3.8) is 0 Å². The van der Waals surface area contributed by atoms with Gasteiger partial charge in [0, 0.05) is 5.33 Å². The van der Waals surface area contributed by atoms with E-state index < -0.39 is 0 Å². The Balaban J connectivity index is 2.61. The summed E-state index contributed by atoms with van der Waals surface area (Å²) in [4.78, 5) is 0. The van der Waals surface area contributed by atoms with E-state index in [1.54, 1.807) is 0 Å². The number of rotatable bonds is 3. The van der Waals surface area contributed by atoms with E-state index in [-0.39, 0.29) is 6.10 Å². The Kier molecular flexibility index (Phi) is 3.60. The first kappa shape index (κ1) is 8.75. The molecule has 0 saturated carbocycles. The molecular formula is C9H11BrO. The number of aliphatic hydroxyl groups is 1. The van der Waals surface area contributed by atoms with Crippen LogP contribution in [0.15, 0.2) is 30.3 Å². The van der Waals surface area contributed by atoms with Crippen molar-refractivity contribution >= 4 is 15.9 Å². The maximum atomic E-state index is 9.49. The molecule has 0 aromatic heterocycles. The van der Waals surface area contributed by atoms with E-state index in [1.165, 1.54) is 0 Å². The second-order valence-corrected chi connectivity index (χ2v) is 3.20. The van der Waals surface area contributed by atoms with Gasteiger partial charge in [0.2, 0.25) is 0 Å². The SMILES string of the molecule is O[C@H](CCBr)c1ccccc1. The molecule has 1 rings (SSSR count). The maximum Gasteiger partial charge on any atom is 0.0798 e. The molecule has 1 nitrogen and oxygen atoms in total. The molecule has 0 radical (unpaired) electrons. The molecule has 0 heterocycles. The Labute approximate surface area is 75.2 Å². The van der Waals surface area contributed by atoms with E-state index in [0.29, 0.717) is 0 Å². The van der Waals surface area contributed by atoms with Crippen LogP contribution in [-0.4, -0.2) is 10.4 Å². The van der Waals surface area contributed by atoms with Gasteiger partial charge < -0.3 is 5.11 Å². The van der Waals surface area contributed by atoms with E-state index in [1.807, 2.05) is 30.3 Å². The van der Waals surface area contributed by atoms with Crippen molar-refractivity contribution in [1.82, 2.24) is 0 Å². The van der Waals surface area contributed by atoms with Gasteiger partial charge in [0.05, 0.1) is 6.10 Å². The van der Waals surface area contributed by atoms with Crippen LogP contribution >= 0.6 is 15.9 Å². The molecule has 0 amide bonds. The largest absolute Gasteiger partial charge is 0.388 e. The molecular weight excluding hydrogens is 204 g/mol. The predicted molar refractivity (Wildman–Crippen MR) is 49.8 cm³/mol. The zero-order chi connectivity index (χ0) is 8.10. The highest BCUT2D eigenvalue weighted by Gasteiger charge is 2.03. The Morgan fingerprint density at radius 3 is 2.45 bits per heavy atom. The van der Waals surface area contributed by atoms with Gasteiger partial charge in [0.15, 0.2) is 0 Å². The van der Waals surface area contributed by atoms with Gasteiger partial charge in [-0.25, -0.2) is 0 Å². The number of halogens is 1. The van der Waals surface area contributed by atoms with Crippen molar-refractivity contribution < 1.29 is 5.11 Å². The molecule has 1 aromatic rings. The fourth-order valence-electron chi connectivity index (χ4n) is 0.945. The molecule has 11 heavy (non-hydrogen) atoms. The molecule has 0 bridgehead atoms. The second-order valence-electron chi connectivity index (χ2n) is 2.40. The van der Waals surface area contributed by atoms with Crippen LogP contribution < -0.4 is 0 Å². The molecule has 0 aliphatic rings. The molecule has 0 spiro atoms. The van der Waals surface area contributed by atoms with Crippen molar-refractivity contribution in [2.45, 2.75) is 12.5 Å². The van der Waals surface area contributed by atoms with Crippen LogP contribution in [0.5, 0.6) is 0 Å². The second kappa shape index (κ2) is 4.52. The monoisotopic (exact) mass is 214 g/mol. The van der Waals surface area contributed by atoms with Crippen LogP contribution in [0.4, 0.5) is 0 Å². The minimum Gasteiger partial charge on any atom is -0.388 e. The van der Waals surface area contributed by atoms with Crippen molar-refractivity contribution in [2.24, 2.45) is 0 Å². The molecule has 0 aliphatic carbocycles. The third-order valence-corrected chi connectivity index (χ3v) is 2.02.